The molecule has 2 atom stereocenters. The molecule has 0 spiro atoms. The average molecular weight is 203 g/mol. The summed E-state index contributed by atoms with van der Waals surface area (Å²) in [6.07, 6.45) is -0.850. The van der Waals surface area contributed by atoms with Crippen LogP contribution < -0.4 is 5.32 Å². The van der Waals surface area contributed by atoms with E-state index in [9.17, 15) is 9.59 Å². The SMILES string of the molecule is CCCNC(=O)C(C)O[C@@H](C)C(=O)O. The first-order valence-corrected chi connectivity index (χ1v) is 4.65. The summed E-state index contributed by atoms with van der Waals surface area (Å²) in [6.45, 7) is 5.44. The van der Waals surface area contributed by atoms with Gasteiger partial charge in [-0.3, -0.25) is 4.79 Å². The van der Waals surface area contributed by atoms with Crippen LogP contribution in [0.5, 0.6) is 0 Å². The second kappa shape index (κ2) is 6.37. The summed E-state index contributed by atoms with van der Waals surface area (Å²) >= 11 is 0. The topological polar surface area (TPSA) is 75.6 Å². The molecule has 0 rings (SSSR count). The third-order valence-electron chi connectivity index (χ3n) is 1.67. The number of carbonyl (C=O) groups excluding carboxylic acids is 1. The largest absolute Gasteiger partial charge is 0.479 e. The molecular formula is C9H17NO4. The fourth-order valence-electron chi connectivity index (χ4n) is 0.818. The normalized spacial score (nSPS) is 14.5. The lowest BCUT2D eigenvalue weighted by Crippen LogP contribution is -2.38. The van der Waals surface area contributed by atoms with E-state index in [-0.39, 0.29) is 5.91 Å². The van der Waals surface area contributed by atoms with Crippen molar-refractivity contribution in [1.82, 2.24) is 5.32 Å². The van der Waals surface area contributed by atoms with Gasteiger partial charge < -0.3 is 15.2 Å². The number of ether oxygens (including phenoxy) is 1. The lowest BCUT2D eigenvalue weighted by atomic mass is 10.3. The molecule has 0 heterocycles. The smallest absolute Gasteiger partial charge is 0.332 e. The van der Waals surface area contributed by atoms with Gasteiger partial charge in [-0.15, -0.1) is 0 Å². The van der Waals surface area contributed by atoms with E-state index in [1.54, 1.807) is 0 Å². The molecule has 1 amide bonds. The predicted molar refractivity (Wildman–Crippen MR) is 50.9 cm³/mol. The second-order valence-corrected chi connectivity index (χ2v) is 3.05. The summed E-state index contributed by atoms with van der Waals surface area (Å²) in [5.41, 5.74) is 0. The van der Waals surface area contributed by atoms with Gasteiger partial charge in [0, 0.05) is 6.54 Å². The van der Waals surface area contributed by atoms with E-state index in [0.717, 1.165) is 6.42 Å². The molecule has 0 bridgehead atoms. The van der Waals surface area contributed by atoms with Gasteiger partial charge in [-0.25, -0.2) is 4.79 Å². The van der Waals surface area contributed by atoms with Crippen LogP contribution in [-0.2, 0) is 14.3 Å². The molecule has 82 valence electrons. The number of carbonyl (C=O) groups is 2. The van der Waals surface area contributed by atoms with Crippen LogP contribution in [-0.4, -0.2) is 35.7 Å². The van der Waals surface area contributed by atoms with Crippen molar-refractivity contribution in [3.8, 4) is 0 Å². The molecule has 0 aromatic heterocycles. The summed E-state index contributed by atoms with van der Waals surface area (Å²) in [6, 6.07) is 0. The van der Waals surface area contributed by atoms with E-state index >= 15 is 0 Å². The Morgan fingerprint density at radius 2 is 1.93 bits per heavy atom. The predicted octanol–water partition coefficient (Wildman–Crippen LogP) is 0.391. The maximum Gasteiger partial charge on any atom is 0.332 e. The molecule has 0 radical (unpaired) electrons. The zero-order chi connectivity index (χ0) is 11.1. The number of aliphatic carboxylic acids is 1. The standard InChI is InChI=1S/C9H17NO4/c1-4-5-10-8(11)6(2)14-7(3)9(12)13/h6-7H,4-5H2,1-3H3,(H,10,11)(H,12,13)/t6?,7-/m0/s1. The van der Waals surface area contributed by atoms with E-state index in [2.05, 4.69) is 5.32 Å². The Kier molecular flexibility index (Phi) is 5.87. The Morgan fingerprint density at radius 1 is 1.36 bits per heavy atom. The summed E-state index contributed by atoms with van der Waals surface area (Å²) in [4.78, 5) is 21.6. The van der Waals surface area contributed by atoms with Crippen LogP contribution in [0, 0.1) is 0 Å². The number of amides is 1. The molecule has 0 saturated carbocycles. The summed E-state index contributed by atoms with van der Waals surface area (Å²) < 4.78 is 4.96. The number of nitrogens with one attached hydrogen (secondary N) is 1. The van der Waals surface area contributed by atoms with Gasteiger partial charge in [-0.2, -0.15) is 0 Å². The van der Waals surface area contributed by atoms with Gasteiger partial charge in [0.25, 0.3) is 0 Å². The highest BCUT2D eigenvalue weighted by molar-refractivity contribution is 5.81. The van der Waals surface area contributed by atoms with E-state index in [0.29, 0.717) is 6.54 Å². The summed E-state index contributed by atoms with van der Waals surface area (Å²) in [5, 5.41) is 11.2. The summed E-state index contributed by atoms with van der Waals surface area (Å²) in [7, 11) is 0. The van der Waals surface area contributed by atoms with E-state index in [4.69, 9.17) is 9.84 Å². The van der Waals surface area contributed by atoms with Crippen molar-refractivity contribution in [2.24, 2.45) is 0 Å². The number of carboxylic acids is 1. The third-order valence-corrected chi connectivity index (χ3v) is 1.67. The molecule has 0 aliphatic carbocycles. The van der Waals surface area contributed by atoms with Crippen LogP contribution >= 0.6 is 0 Å². The molecule has 0 aliphatic rings. The molecule has 0 aromatic rings. The molecule has 14 heavy (non-hydrogen) atoms. The van der Waals surface area contributed by atoms with Crippen LogP contribution in [0.15, 0.2) is 0 Å². The first-order valence-electron chi connectivity index (χ1n) is 4.65. The van der Waals surface area contributed by atoms with Crippen LogP contribution in [0.3, 0.4) is 0 Å². The monoisotopic (exact) mass is 203 g/mol. The quantitative estimate of drug-likeness (QED) is 0.654. The molecule has 2 N–H and O–H groups in total. The molecule has 0 fully saturated rings. The van der Waals surface area contributed by atoms with E-state index < -0.39 is 18.2 Å². The van der Waals surface area contributed by atoms with Gasteiger partial charge in [0.05, 0.1) is 0 Å². The Labute approximate surface area is 83.4 Å². The third kappa shape index (κ3) is 4.81. The minimum Gasteiger partial charge on any atom is -0.479 e. The van der Waals surface area contributed by atoms with Crippen molar-refractivity contribution >= 4 is 11.9 Å². The zero-order valence-corrected chi connectivity index (χ0v) is 8.74. The van der Waals surface area contributed by atoms with Crippen molar-refractivity contribution in [1.29, 1.82) is 0 Å². The van der Waals surface area contributed by atoms with Crippen LogP contribution in [0.4, 0.5) is 0 Å². The second-order valence-electron chi connectivity index (χ2n) is 3.05. The van der Waals surface area contributed by atoms with Gasteiger partial charge in [0.15, 0.2) is 6.10 Å². The average Bonchev–Trinajstić information content (AvgIpc) is 2.13. The van der Waals surface area contributed by atoms with E-state index in [1.807, 2.05) is 6.92 Å². The number of rotatable bonds is 6. The van der Waals surface area contributed by atoms with Crippen molar-refractivity contribution in [3.05, 3.63) is 0 Å². The Balaban J connectivity index is 3.88. The number of carboxylic acid groups (broad SMARTS) is 1. The Hall–Kier alpha value is -1.10. The van der Waals surface area contributed by atoms with Crippen LogP contribution in [0.25, 0.3) is 0 Å². The first kappa shape index (κ1) is 12.9. The molecule has 5 nitrogen and oxygen atoms in total. The highest BCUT2D eigenvalue weighted by atomic mass is 16.5. The molecular weight excluding hydrogens is 186 g/mol. The van der Waals surface area contributed by atoms with Crippen molar-refractivity contribution in [3.63, 3.8) is 0 Å². The fourth-order valence-corrected chi connectivity index (χ4v) is 0.818. The van der Waals surface area contributed by atoms with Gasteiger partial charge in [-0.1, -0.05) is 6.92 Å². The van der Waals surface area contributed by atoms with Gasteiger partial charge >= 0.3 is 5.97 Å². The van der Waals surface area contributed by atoms with Crippen molar-refractivity contribution < 1.29 is 19.4 Å². The highest BCUT2D eigenvalue weighted by Crippen LogP contribution is 1.98. The lowest BCUT2D eigenvalue weighted by Gasteiger charge is -2.15. The molecule has 0 saturated heterocycles. The lowest BCUT2D eigenvalue weighted by molar-refractivity contribution is -0.155. The fraction of sp³-hybridized carbons (Fsp3) is 0.778. The maximum atomic E-state index is 11.2. The van der Waals surface area contributed by atoms with Gasteiger partial charge in [0.2, 0.25) is 5.91 Å². The van der Waals surface area contributed by atoms with Crippen molar-refractivity contribution in [2.75, 3.05) is 6.54 Å². The zero-order valence-electron chi connectivity index (χ0n) is 8.74. The Bertz CT molecular complexity index is 205. The Morgan fingerprint density at radius 3 is 2.36 bits per heavy atom. The number of hydrogen-bond donors (Lipinski definition) is 2. The minimum absolute atomic E-state index is 0.278. The highest BCUT2D eigenvalue weighted by Gasteiger charge is 2.19. The first-order chi connectivity index (χ1) is 6.49. The maximum absolute atomic E-state index is 11.2. The van der Waals surface area contributed by atoms with Gasteiger partial charge in [0.1, 0.15) is 6.10 Å². The van der Waals surface area contributed by atoms with Crippen molar-refractivity contribution in [2.45, 2.75) is 39.4 Å². The summed E-state index contributed by atoms with van der Waals surface area (Å²) in [5.74, 6) is -1.35. The minimum atomic E-state index is -1.07. The molecule has 1 unspecified atom stereocenters. The van der Waals surface area contributed by atoms with Gasteiger partial charge in [-0.05, 0) is 20.3 Å². The molecule has 0 aromatic carbocycles. The molecule has 5 heteroatoms. The van der Waals surface area contributed by atoms with Crippen LogP contribution in [0.2, 0.25) is 0 Å². The van der Waals surface area contributed by atoms with E-state index in [1.165, 1.54) is 13.8 Å². The molecule has 0 aliphatic heterocycles. The van der Waals surface area contributed by atoms with Crippen LogP contribution in [0.1, 0.15) is 27.2 Å². The number of hydrogen-bond acceptors (Lipinski definition) is 3.